The molecule has 5 rings (SSSR count). The zero-order valence-electron chi connectivity index (χ0n) is 22.6. The van der Waals surface area contributed by atoms with E-state index in [1.807, 2.05) is 0 Å². The fourth-order valence-corrected chi connectivity index (χ4v) is 5.83. The highest BCUT2D eigenvalue weighted by molar-refractivity contribution is 5.99. The van der Waals surface area contributed by atoms with Crippen LogP contribution in [0.2, 0.25) is 0 Å². The van der Waals surface area contributed by atoms with Gasteiger partial charge in [-0.2, -0.15) is 13.2 Å². The number of carbonyl (C=O) groups is 2. The number of nitrogens with zero attached hydrogens (tertiary/aromatic N) is 3. The molecule has 214 valence electrons. The van der Waals surface area contributed by atoms with Gasteiger partial charge in [0.15, 0.2) is 5.96 Å². The molecule has 8 nitrogen and oxygen atoms in total. The summed E-state index contributed by atoms with van der Waals surface area (Å²) in [5.74, 6) is -3.10. The number of rotatable bonds is 5. The molecule has 2 aliphatic heterocycles. The number of hydrogen-bond donors (Lipinski definition) is 2. The summed E-state index contributed by atoms with van der Waals surface area (Å²) in [6.07, 6.45) is -1.00. The summed E-state index contributed by atoms with van der Waals surface area (Å²) in [6.45, 7) is 6.78. The average Bonchev–Trinajstić information content (AvgIpc) is 3.60. The largest absolute Gasteiger partial charge is 0.487 e. The second-order valence-electron chi connectivity index (χ2n) is 11.9. The van der Waals surface area contributed by atoms with Gasteiger partial charge in [-0.1, -0.05) is 6.07 Å². The fraction of sp³-hybridized carbons (Fsp3) is 0.500. The molecule has 2 amide bonds. The van der Waals surface area contributed by atoms with Gasteiger partial charge in [0.05, 0.1) is 35.2 Å². The number of alkyl halides is 3. The quantitative estimate of drug-likeness (QED) is 0.516. The topological polar surface area (TPSA) is 110 Å². The van der Waals surface area contributed by atoms with E-state index in [1.165, 1.54) is 4.90 Å². The number of pyridine rings is 1. The van der Waals surface area contributed by atoms with Crippen LogP contribution in [0.25, 0.3) is 0 Å². The number of fused-ring (bicyclic) bond motifs is 1. The predicted octanol–water partition coefficient (Wildman–Crippen LogP) is 4.66. The molecule has 1 fully saturated rings. The molecule has 0 bridgehead atoms. The summed E-state index contributed by atoms with van der Waals surface area (Å²) in [4.78, 5) is 36.8. The number of carbonyl (C=O) groups excluding carboxylic acids is 2. The first-order valence-electron chi connectivity index (χ1n) is 13.0. The molecule has 1 saturated carbocycles. The van der Waals surface area contributed by atoms with Crippen LogP contribution in [0, 0.1) is 17.7 Å². The van der Waals surface area contributed by atoms with Crippen molar-refractivity contribution in [3.63, 3.8) is 0 Å². The van der Waals surface area contributed by atoms with Crippen LogP contribution in [0.15, 0.2) is 41.7 Å². The molecule has 1 aromatic heterocycles. The number of hydrogen-bond acceptors (Lipinski definition) is 6. The summed E-state index contributed by atoms with van der Waals surface area (Å²) >= 11 is 0. The third-order valence-electron chi connectivity index (χ3n) is 7.59. The zero-order chi connectivity index (χ0) is 29.2. The number of guanidine groups is 1. The maximum atomic E-state index is 14.9. The van der Waals surface area contributed by atoms with Crippen molar-refractivity contribution in [2.24, 2.45) is 22.6 Å². The minimum atomic E-state index is -4.77. The Morgan fingerprint density at radius 1 is 1.23 bits per heavy atom. The number of aromatic nitrogens is 1. The van der Waals surface area contributed by atoms with E-state index in [1.54, 1.807) is 52.2 Å². The third kappa shape index (κ3) is 5.23. The van der Waals surface area contributed by atoms with E-state index >= 15 is 0 Å². The van der Waals surface area contributed by atoms with E-state index in [0.717, 1.165) is 6.07 Å². The van der Waals surface area contributed by atoms with Gasteiger partial charge in [-0.15, -0.1) is 0 Å². The van der Waals surface area contributed by atoms with Crippen molar-refractivity contribution in [2.75, 3.05) is 0 Å². The van der Waals surface area contributed by atoms with Gasteiger partial charge in [-0.05, 0) is 63.8 Å². The summed E-state index contributed by atoms with van der Waals surface area (Å²) in [5, 5.41) is 2.78. The third-order valence-corrected chi connectivity index (χ3v) is 7.59. The summed E-state index contributed by atoms with van der Waals surface area (Å²) in [6, 6.07) is 3.22. The van der Waals surface area contributed by atoms with Crippen LogP contribution in [0.5, 0.6) is 5.75 Å². The first-order chi connectivity index (χ1) is 18.6. The van der Waals surface area contributed by atoms with Crippen molar-refractivity contribution in [1.82, 2.24) is 15.2 Å². The maximum absolute atomic E-state index is 14.9. The average molecular weight is 562 g/mol. The number of aliphatic imine (C=N–C) groups is 1. The smallest absolute Gasteiger partial charge is 0.419 e. The van der Waals surface area contributed by atoms with E-state index in [9.17, 15) is 27.2 Å². The molecule has 0 spiro atoms. The number of halogens is 4. The highest BCUT2D eigenvalue weighted by Gasteiger charge is 2.54. The molecule has 2 aromatic rings. The van der Waals surface area contributed by atoms with Crippen molar-refractivity contribution < 1.29 is 31.9 Å². The lowest BCUT2D eigenvalue weighted by molar-refractivity contribution is -0.140. The molecule has 3 heterocycles. The van der Waals surface area contributed by atoms with Crippen molar-refractivity contribution >= 4 is 17.8 Å². The van der Waals surface area contributed by atoms with Gasteiger partial charge in [0.1, 0.15) is 17.2 Å². The Balaban J connectivity index is 1.44. The minimum Gasteiger partial charge on any atom is -0.487 e. The van der Waals surface area contributed by atoms with E-state index in [0.29, 0.717) is 18.1 Å². The first-order valence-corrected chi connectivity index (χ1v) is 13.0. The Morgan fingerprint density at radius 2 is 1.95 bits per heavy atom. The van der Waals surface area contributed by atoms with Crippen molar-refractivity contribution in [3.8, 4) is 5.75 Å². The Bertz CT molecular complexity index is 1380. The molecule has 1 aliphatic carbocycles. The van der Waals surface area contributed by atoms with Gasteiger partial charge in [0, 0.05) is 24.7 Å². The first kappa shape index (κ1) is 27.9. The van der Waals surface area contributed by atoms with Crippen LogP contribution in [0.1, 0.15) is 75.7 Å². The number of nitrogens with two attached hydrogens (primary N) is 1. The molecule has 3 aliphatic rings. The van der Waals surface area contributed by atoms with Crippen LogP contribution >= 0.6 is 0 Å². The molecule has 1 aromatic carbocycles. The maximum Gasteiger partial charge on any atom is 0.419 e. The second kappa shape index (κ2) is 9.45. The lowest BCUT2D eigenvalue weighted by Crippen LogP contribution is -2.52. The Kier molecular flexibility index (Phi) is 6.58. The molecule has 3 N–H and O–H groups in total. The molecule has 0 radical (unpaired) electrons. The molecule has 0 unspecified atom stereocenters. The predicted molar refractivity (Wildman–Crippen MR) is 137 cm³/mol. The molecule has 0 saturated heterocycles. The Hall–Kier alpha value is -3.70. The summed E-state index contributed by atoms with van der Waals surface area (Å²) in [5.41, 5.74) is 3.74. The second-order valence-corrected chi connectivity index (χ2v) is 11.9. The molecule has 4 atom stereocenters. The van der Waals surface area contributed by atoms with Gasteiger partial charge in [0.25, 0.3) is 0 Å². The highest BCUT2D eigenvalue weighted by Crippen LogP contribution is 2.52. The summed E-state index contributed by atoms with van der Waals surface area (Å²) < 4.78 is 61.7. The summed E-state index contributed by atoms with van der Waals surface area (Å²) in [7, 11) is 0. The monoisotopic (exact) mass is 561 g/mol. The molecule has 40 heavy (non-hydrogen) atoms. The van der Waals surface area contributed by atoms with Gasteiger partial charge in [-0.3, -0.25) is 19.5 Å². The standard InChI is InChI=1S/C28H31F4N5O3/c1-26(2)12-20(38)37(25(33)36-26)22(14-6-5-9-34-13-14)15-10-16(15)24(39)35-19-11-27(3,4)40-23-17(28(30,31)32)7-8-18(29)21(19)23/h5-9,13,15-16,19,22H,10-12H2,1-4H3,(H2,33,36)(H,35,39)/t15-,16-,19+,22-/m1/s1. The van der Waals surface area contributed by atoms with E-state index in [-0.39, 0.29) is 36.2 Å². The SMILES string of the molecule is CC1(C)CC(=O)N([C@H](c2cccnc2)[C@@H]2C[C@H]2C(=O)N[C@H]2CC(C)(C)Oc3c(C(F)(F)F)ccc(F)c32)C(N)=N1. The number of nitrogens with one attached hydrogen (secondary N) is 1. The fourth-order valence-electron chi connectivity index (χ4n) is 5.83. The number of benzene rings is 1. The Morgan fingerprint density at radius 3 is 2.58 bits per heavy atom. The highest BCUT2D eigenvalue weighted by atomic mass is 19.4. The lowest BCUT2D eigenvalue weighted by Gasteiger charge is -2.39. The molecular formula is C28H31F4N5O3. The van der Waals surface area contributed by atoms with Crippen molar-refractivity contribution in [3.05, 3.63) is 59.2 Å². The van der Waals surface area contributed by atoms with Gasteiger partial charge >= 0.3 is 6.18 Å². The van der Waals surface area contributed by atoms with Crippen molar-refractivity contribution in [1.29, 1.82) is 0 Å². The van der Waals surface area contributed by atoms with Gasteiger partial charge in [0.2, 0.25) is 11.8 Å². The molecular weight excluding hydrogens is 530 g/mol. The van der Waals surface area contributed by atoms with Crippen LogP contribution < -0.4 is 15.8 Å². The zero-order valence-corrected chi connectivity index (χ0v) is 22.6. The normalized spacial score (nSPS) is 25.8. The van der Waals surface area contributed by atoms with Gasteiger partial charge in [-0.25, -0.2) is 9.38 Å². The van der Waals surface area contributed by atoms with Gasteiger partial charge < -0.3 is 15.8 Å². The van der Waals surface area contributed by atoms with E-state index in [4.69, 9.17) is 10.5 Å². The van der Waals surface area contributed by atoms with Crippen LogP contribution in [0.3, 0.4) is 0 Å². The van der Waals surface area contributed by atoms with Crippen molar-refractivity contribution in [2.45, 2.75) is 76.4 Å². The van der Waals surface area contributed by atoms with E-state index in [2.05, 4.69) is 15.3 Å². The molecule has 12 heteroatoms. The Labute approximate surface area is 229 Å². The lowest BCUT2D eigenvalue weighted by atomic mass is 9.87. The van der Waals surface area contributed by atoms with E-state index < -0.39 is 58.4 Å². The number of ether oxygens (including phenoxy) is 1. The van der Waals surface area contributed by atoms with Crippen LogP contribution in [0.4, 0.5) is 17.6 Å². The van der Waals surface area contributed by atoms with Crippen LogP contribution in [-0.4, -0.2) is 38.8 Å². The number of amides is 2. The minimum absolute atomic E-state index is 0.0445. The van der Waals surface area contributed by atoms with Crippen LogP contribution in [-0.2, 0) is 15.8 Å².